The van der Waals surface area contributed by atoms with E-state index in [0.29, 0.717) is 11.8 Å². The number of nitrogens with zero attached hydrogens (tertiary/aromatic N) is 14. The maximum absolute atomic E-state index is 6.09. The number of aromatic nitrogens is 6. The minimum atomic E-state index is -0.0694. The fraction of sp³-hybridized carbons (Fsp3) is 0.923. The van der Waals surface area contributed by atoms with Crippen LogP contribution in [0, 0.1) is 11.8 Å². The van der Waals surface area contributed by atoms with E-state index in [2.05, 4.69) is 255 Å². The molecule has 98 heavy (non-hydrogen) atoms. The van der Waals surface area contributed by atoms with Gasteiger partial charge in [-0.25, -0.2) is 0 Å². The van der Waals surface area contributed by atoms with Gasteiger partial charge in [0.15, 0.2) is 0 Å². The Labute approximate surface area is 598 Å². The molecule has 6 saturated heterocycles. The molecule has 8 heterocycles. The molecule has 0 aliphatic carbocycles. The molecule has 20 nitrogen and oxygen atoms in total. The number of anilines is 6. The lowest BCUT2D eigenvalue weighted by atomic mass is 9.73. The monoisotopic (exact) mass is 1370 g/mol. The molecular formula is C78H148N18O2. The zero-order valence-corrected chi connectivity index (χ0v) is 68.5. The van der Waals surface area contributed by atoms with Crippen LogP contribution in [0.3, 0.4) is 0 Å². The van der Waals surface area contributed by atoms with Crippen LogP contribution in [0.1, 0.15) is 295 Å². The second kappa shape index (κ2) is 29.6. The van der Waals surface area contributed by atoms with Crippen molar-refractivity contribution >= 4 is 35.7 Å². The number of unbranched alkanes of at least 4 members (excludes halogenated alkanes) is 3. The molecule has 4 N–H and O–H groups in total. The molecule has 0 unspecified atom stereocenters. The zero-order chi connectivity index (χ0) is 73.0. The molecular weight excluding hydrogens is 1220 g/mol. The fourth-order valence-corrected chi connectivity index (χ4v) is 21.5. The summed E-state index contributed by atoms with van der Waals surface area (Å²) in [5.41, 5.74) is -0.613. The van der Waals surface area contributed by atoms with Crippen LogP contribution in [0.4, 0.5) is 35.7 Å². The molecule has 2 aromatic rings. The van der Waals surface area contributed by atoms with E-state index >= 15 is 0 Å². The molecule has 0 aromatic carbocycles. The highest BCUT2D eigenvalue weighted by molar-refractivity contribution is 5.49. The van der Waals surface area contributed by atoms with Gasteiger partial charge in [0.25, 0.3) is 0 Å². The van der Waals surface area contributed by atoms with Gasteiger partial charge in [0.05, 0.1) is 14.2 Å². The first-order chi connectivity index (χ1) is 44.8. The summed E-state index contributed by atoms with van der Waals surface area (Å²) < 4.78 is 0. The van der Waals surface area contributed by atoms with E-state index in [4.69, 9.17) is 39.6 Å². The van der Waals surface area contributed by atoms with Crippen molar-refractivity contribution in [1.82, 2.24) is 61.3 Å². The predicted molar refractivity (Wildman–Crippen MR) is 411 cm³/mol. The van der Waals surface area contributed by atoms with Crippen molar-refractivity contribution in [1.29, 1.82) is 0 Å². The maximum atomic E-state index is 6.09. The molecule has 2 aromatic heterocycles. The van der Waals surface area contributed by atoms with E-state index in [1.165, 1.54) is 0 Å². The number of nitrogens with one attached hydrogen (secondary N) is 4. The van der Waals surface area contributed by atoms with Crippen molar-refractivity contribution in [3.05, 3.63) is 0 Å². The number of hydroxylamine groups is 4. The van der Waals surface area contributed by atoms with Crippen LogP contribution in [0.2, 0.25) is 0 Å². The van der Waals surface area contributed by atoms with Gasteiger partial charge < -0.3 is 60.3 Å². The van der Waals surface area contributed by atoms with E-state index in [9.17, 15) is 0 Å². The summed E-state index contributed by atoms with van der Waals surface area (Å²) in [5, 5.41) is 20.3. The zero-order valence-electron chi connectivity index (χ0n) is 68.5. The number of hydrogen-bond acceptors (Lipinski definition) is 20. The van der Waals surface area contributed by atoms with Gasteiger partial charge in [-0.05, 0) is 294 Å². The van der Waals surface area contributed by atoms with E-state index in [0.717, 1.165) is 190 Å². The molecule has 20 heteroatoms. The summed E-state index contributed by atoms with van der Waals surface area (Å²) in [6.45, 7) is 59.8. The highest BCUT2D eigenvalue weighted by Crippen LogP contribution is 2.46. The van der Waals surface area contributed by atoms with Crippen molar-refractivity contribution in [2.24, 2.45) is 11.8 Å². The molecule has 6 fully saturated rings. The van der Waals surface area contributed by atoms with Gasteiger partial charge in [-0.3, -0.25) is 0 Å². The van der Waals surface area contributed by atoms with E-state index in [-0.39, 0.29) is 90.6 Å². The van der Waals surface area contributed by atoms with Crippen molar-refractivity contribution in [3.8, 4) is 0 Å². The van der Waals surface area contributed by atoms with Crippen LogP contribution in [0.25, 0.3) is 0 Å². The first-order valence-electron chi connectivity index (χ1n) is 38.6. The topological polar surface area (TPSA) is 170 Å². The Morgan fingerprint density at radius 1 is 0.296 bits per heavy atom. The number of hydrogen-bond donors (Lipinski definition) is 4. The molecule has 0 spiro atoms. The Kier molecular flexibility index (Phi) is 24.2. The second-order valence-corrected chi connectivity index (χ2v) is 40.2. The summed E-state index contributed by atoms with van der Waals surface area (Å²) in [6, 6.07) is 0.995. The van der Waals surface area contributed by atoms with E-state index < -0.39 is 0 Å². The van der Waals surface area contributed by atoms with Gasteiger partial charge in [-0.15, -0.1) is 0 Å². The molecule has 562 valence electrons. The number of rotatable bonds is 27. The van der Waals surface area contributed by atoms with Gasteiger partial charge in [0.2, 0.25) is 35.7 Å². The normalized spacial score (nSPS) is 25.4. The predicted octanol–water partition coefficient (Wildman–Crippen LogP) is 14.1. The lowest BCUT2D eigenvalue weighted by Gasteiger charge is -2.53. The van der Waals surface area contributed by atoms with Crippen molar-refractivity contribution in [2.45, 2.75) is 385 Å². The standard InChI is InChI=1S/C78H148N18O2/c1-67(2)47-57(48-68(3,4)85-67)89(25)61-79-62(90(26)58-49-69(5,6)86-70(7,8)50-58)82-65(81-61)93(41-35-37-55-43-75(17,18)95(97-29)76(19,20)44-55)39-33-31-32-34-40-94(42-36-38-56-45-77(21,22)96(98-30)78(23,24)46-56)66-83-63(91(27)59-51-71(9,10)87-72(11,12)52-59)80-64(84-66)92(28)60-53-73(13,14)88-74(15,16)54-60/h55-60,85-88H,31-54H2,1-30H3. The minimum Gasteiger partial charge on any atom is -0.341 e. The van der Waals surface area contributed by atoms with Crippen LogP contribution in [-0.4, -0.2) is 199 Å². The quantitative estimate of drug-likeness (QED) is 0.0623. The summed E-state index contributed by atoms with van der Waals surface area (Å²) >= 11 is 0. The fourth-order valence-electron chi connectivity index (χ4n) is 21.5. The van der Waals surface area contributed by atoms with Crippen molar-refractivity contribution in [3.63, 3.8) is 0 Å². The third kappa shape index (κ3) is 20.7. The molecule has 6 aliphatic rings. The van der Waals surface area contributed by atoms with Gasteiger partial charge in [0, 0.05) is 145 Å². The highest BCUT2D eigenvalue weighted by atomic mass is 16.7. The molecule has 0 radical (unpaired) electrons. The van der Waals surface area contributed by atoms with Gasteiger partial charge in [-0.1, -0.05) is 12.8 Å². The van der Waals surface area contributed by atoms with Crippen LogP contribution in [0.5, 0.6) is 0 Å². The highest BCUT2D eigenvalue weighted by Gasteiger charge is 2.49. The Bertz CT molecular complexity index is 2520. The van der Waals surface area contributed by atoms with E-state index in [1.54, 1.807) is 0 Å². The largest absolute Gasteiger partial charge is 0.341 e. The molecule has 8 rings (SSSR count). The molecule has 0 atom stereocenters. The van der Waals surface area contributed by atoms with Crippen LogP contribution < -0.4 is 50.7 Å². The maximum Gasteiger partial charge on any atom is 0.231 e. The smallest absolute Gasteiger partial charge is 0.231 e. The van der Waals surface area contributed by atoms with Gasteiger partial charge in [0.1, 0.15) is 0 Å². The van der Waals surface area contributed by atoms with Crippen LogP contribution in [-0.2, 0) is 9.68 Å². The summed E-state index contributed by atoms with van der Waals surface area (Å²) in [4.78, 5) is 60.3. The molecule has 0 saturated carbocycles. The summed E-state index contributed by atoms with van der Waals surface area (Å²) in [7, 11) is 12.6. The first-order valence-corrected chi connectivity index (χ1v) is 38.6. The lowest BCUT2D eigenvalue weighted by molar-refractivity contribution is -0.272. The molecule has 0 amide bonds. The van der Waals surface area contributed by atoms with Gasteiger partial charge >= 0.3 is 0 Å². The SMILES string of the molecule is CON1C(C)(C)CC(CCCN(CCCCCCN(CCCC2CC(C)(C)N(OC)C(C)(C)C2)c2nc(N(C)C3CC(C)(C)NC(C)(C)C3)nc(N(C)C3CC(C)(C)NC(C)(C)C3)n2)c2nc(N(C)C3CC(C)(C)NC(C)(C)C3)nc(N(C)C3CC(C)(C)NC(C)(C)C3)n2)CC1(C)C. The Morgan fingerprint density at radius 3 is 0.694 bits per heavy atom. The van der Waals surface area contributed by atoms with Gasteiger partial charge in [-0.2, -0.15) is 40.0 Å². The van der Waals surface area contributed by atoms with Crippen molar-refractivity contribution in [2.75, 3.05) is 98.0 Å². The average Bonchev–Trinajstić information content (AvgIpc) is 0.787. The van der Waals surface area contributed by atoms with E-state index in [1.807, 2.05) is 14.2 Å². The lowest BCUT2D eigenvalue weighted by Crippen LogP contribution is -2.62. The summed E-state index contributed by atoms with van der Waals surface area (Å²) in [6.07, 6.45) is 20.9. The average molecular weight is 1370 g/mol. The molecule has 0 bridgehead atoms. The second-order valence-electron chi connectivity index (χ2n) is 40.2. The third-order valence-electron chi connectivity index (χ3n) is 23.3. The van der Waals surface area contributed by atoms with Crippen LogP contribution >= 0.6 is 0 Å². The Hall–Kier alpha value is -3.50. The molecule has 6 aliphatic heterocycles. The Balaban J connectivity index is 1.11. The first kappa shape index (κ1) is 80.2. The number of piperidine rings is 6. The third-order valence-corrected chi connectivity index (χ3v) is 23.3. The summed E-state index contributed by atoms with van der Waals surface area (Å²) in [5.74, 6) is 5.82. The van der Waals surface area contributed by atoms with Crippen LogP contribution in [0.15, 0.2) is 0 Å². The van der Waals surface area contributed by atoms with Crippen molar-refractivity contribution < 1.29 is 9.68 Å². The Morgan fingerprint density at radius 2 is 0.490 bits per heavy atom. The minimum absolute atomic E-state index is 0.0419.